The molecule has 3 heterocycles. The number of amides is 1. The van der Waals surface area contributed by atoms with Gasteiger partial charge >= 0.3 is 0 Å². The van der Waals surface area contributed by atoms with E-state index in [1.165, 1.54) is 22.8 Å². The van der Waals surface area contributed by atoms with Gasteiger partial charge in [0, 0.05) is 34.5 Å². The van der Waals surface area contributed by atoms with Crippen molar-refractivity contribution in [1.29, 1.82) is 0 Å². The van der Waals surface area contributed by atoms with Gasteiger partial charge in [0.2, 0.25) is 0 Å². The van der Waals surface area contributed by atoms with E-state index in [0.717, 1.165) is 11.3 Å². The Morgan fingerprint density at radius 2 is 1.81 bits per heavy atom. The van der Waals surface area contributed by atoms with Crippen LogP contribution in [0.5, 0.6) is 0 Å². The molecule has 3 aromatic carbocycles. The quantitative estimate of drug-likeness (QED) is 0.173. The maximum absolute atomic E-state index is 13.9. The molecule has 0 saturated heterocycles. The van der Waals surface area contributed by atoms with Gasteiger partial charge in [0.05, 0.1) is 31.8 Å². The van der Waals surface area contributed by atoms with Crippen LogP contribution in [0.4, 0.5) is 11.4 Å². The van der Waals surface area contributed by atoms with E-state index in [9.17, 15) is 19.7 Å². The number of furan rings is 1. The Bertz CT molecular complexity index is 2120. The van der Waals surface area contributed by atoms with Crippen molar-refractivity contribution in [2.24, 2.45) is 4.99 Å². The number of nitro benzene ring substituents is 1. The molecule has 214 valence electrons. The number of nitro groups is 1. The van der Waals surface area contributed by atoms with Crippen molar-refractivity contribution in [3.05, 3.63) is 147 Å². The fourth-order valence-corrected chi connectivity index (χ4v) is 6.18. The maximum atomic E-state index is 13.9. The number of para-hydroxylation sites is 1. The number of carbonyl (C=O) groups excluding carboxylic acids is 1. The molecule has 5 aromatic rings. The number of benzene rings is 3. The van der Waals surface area contributed by atoms with Crippen molar-refractivity contribution in [3.63, 3.8) is 0 Å². The second-order valence-electron chi connectivity index (χ2n) is 9.58. The molecular formula is C31H20Cl2N4O5S. The molecule has 1 aliphatic rings. The van der Waals surface area contributed by atoms with Crippen molar-refractivity contribution >= 4 is 57.9 Å². The average Bonchev–Trinajstić information content (AvgIpc) is 3.57. The van der Waals surface area contributed by atoms with Gasteiger partial charge < -0.3 is 9.73 Å². The van der Waals surface area contributed by atoms with Crippen molar-refractivity contribution in [2.45, 2.75) is 13.0 Å². The third-order valence-electron chi connectivity index (χ3n) is 6.81. The Morgan fingerprint density at radius 3 is 2.53 bits per heavy atom. The van der Waals surface area contributed by atoms with E-state index in [1.807, 2.05) is 18.2 Å². The van der Waals surface area contributed by atoms with E-state index in [4.69, 9.17) is 27.6 Å². The molecule has 0 aliphatic carbocycles. The molecule has 9 nitrogen and oxygen atoms in total. The molecule has 0 radical (unpaired) electrons. The zero-order valence-electron chi connectivity index (χ0n) is 22.3. The highest BCUT2D eigenvalue weighted by Crippen LogP contribution is 2.33. The number of rotatable bonds is 6. The maximum Gasteiger partial charge on any atom is 0.271 e. The first-order valence-corrected chi connectivity index (χ1v) is 14.5. The molecular weight excluding hydrogens is 611 g/mol. The summed E-state index contributed by atoms with van der Waals surface area (Å²) < 4.78 is 7.74. The Balaban J connectivity index is 1.44. The number of thiazole rings is 1. The third kappa shape index (κ3) is 5.55. The summed E-state index contributed by atoms with van der Waals surface area (Å²) in [4.78, 5) is 43.3. The van der Waals surface area contributed by atoms with Crippen molar-refractivity contribution in [1.82, 2.24) is 4.57 Å². The van der Waals surface area contributed by atoms with Crippen LogP contribution in [0.15, 0.2) is 110 Å². The molecule has 0 fully saturated rings. The van der Waals surface area contributed by atoms with E-state index in [2.05, 4.69) is 10.3 Å². The molecule has 0 bridgehead atoms. The highest BCUT2D eigenvalue weighted by atomic mass is 35.5. The van der Waals surface area contributed by atoms with Crippen LogP contribution in [0.2, 0.25) is 10.0 Å². The van der Waals surface area contributed by atoms with E-state index < -0.39 is 11.0 Å². The van der Waals surface area contributed by atoms with Gasteiger partial charge in [-0.05, 0) is 55.0 Å². The lowest BCUT2D eigenvalue weighted by molar-refractivity contribution is -0.384. The van der Waals surface area contributed by atoms with Crippen LogP contribution in [0.25, 0.3) is 17.4 Å². The van der Waals surface area contributed by atoms with Crippen LogP contribution >= 0.6 is 34.5 Å². The molecule has 1 N–H and O–H groups in total. The summed E-state index contributed by atoms with van der Waals surface area (Å²) in [5, 5.41) is 15.0. The molecule has 0 saturated carbocycles. The van der Waals surface area contributed by atoms with Crippen molar-refractivity contribution in [2.75, 3.05) is 5.32 Å². The fraction of sp³-hybridized carbons (Fsp3) is 0.0645. The molecule has 1 aliphatic heterocycles. The minimum Gasteiger partial charge on any atom is -0.457 e. The number of hydrogen-bond donors (Lipinski definition) is 1. The van der Waals surface area contributed by atoms with Gasteiger partial charge in [0.25, 0.3) is 17.2 Å². The summed E-state index contributed by atoms with van der Waals surface area (Å²) in [6.45, 7) is 1.74. The number of carbonyl (C=O) groups is 1. The fourth-order valence-electron chi connectivity index (χ4n) is 4.81. The van der Waals surface area contributed by atoms with E-state index in [1.54, 1.807) is 61.5 Å². The number of nitrogens with one attached hydrogen (secondary N) is 1. The van der Waals surface area contributed by atoms with Crippen molar-refractivity contribution < 1.29 is 14.1 Å². The molecule has 1 atom stereocenters. The largest absolute Gasteiger partial charge is 0.457 e. The van der Waals surface area contributed by atoms with Crippen LogP contribution in [0, 0.1) is 10.1 Å². The highest BCUT2D eigenvalue weighted by Gasteiger charge is 2.32. The summed E-state index contributed by atoms with van der Waals surface area (Å²) >= 11 is 13.6. The Morgan fingerprint density at radius 1 is 1.07 bits per heavy atom. The van der Waals surface area contributed by atoms with E-state index in [-0.39, 0.29) is 22.2 Å². The molecule has 1 unspecified atom stereocenters. The first kappa shape index (κ1) is 28.4. The molecule has 0 spiro atoms. The summed E-state index contributed by atoms with van der Waals surface area (Å²) in [5.74, 6) is 0.261. The zero-order valence-corrected chi connectivity index (χ0v) is 24.6. The topological polar surface area (TPSA) is 120 Å². The smallest absolute Gasteiger partial charge is 0.271 e. The van der Waals surface area contributed by atoms with Gasteiger partial charge in [-0.1, -0.05) is 64.9 Å². The monoisotopic (exact) mass is 630 g/mol. The number of halogens is 2. The van der Waals surface area contributed by atoms with Gasteiger partial charge in [-0.3, -0.25) is 24.3 Å². The lowest BCUT2D eigenvalue weighted by Gasteiger charge is -2.25. The lowest BCUT2D eigenvalue weighted by atomic mass is 9.95. The van der Waals surface area contributed by atoms with Gasteiger partial charge in [-0.15, -0.1) is 0 Å². The van der Waals surface area contributed by atoms with Crippen LogP contribution in [-0.4, -0.2) is 15.4 Å². The summed E-state index contributed by atoms with van der Waals surface area (Å²) in [7, 11) is 0. The Labute approximate surface area is 257 Å². The predicted molar refractivity (Wildman–Crippen MR) is 166 cm³/mol. The number of hydrogen-bond acceptors (Lipinski definition) is 7. The minimum atomic E-state index is -0.768. The van der Waals surface area contributed by atoms with E-state index >= 15 is 0 Å². The van der Waals surface area contributed by atoms with Gasteiger partial charge in [-0.2, -0.15) is 0 Å². The molecule has 12 heteroatoms. The zero-order chi connectivity index (χ0) is 30.2. The lowest BCUT2D eigenvalue weighted by Crippen LogP contribution is -2.40. The molecule has 6 rings (SSSR count). The molecule has 2 aromatic heterocycles. The van der Waals surface area contributed by atoms with Crippen molar-refractivity contribution in [3.8, 4) is 11.3 Å². The van der Waals surface area contributed by atoms with Crippen LogP contribution in [0.1, 0.15) is 24.3 Å². The minimum absolute atomic E-state index is 0.129. The Hall–Kier alpha value is -4.77. The second-order valence-corrected chi connectivity index (χ2v) is 11.4. The summed E-state index contributed by atoms with van der Waals surface area (Å²) in [6.07, 6.45) is 1.57. The molecule has 1 amide bonds. The summed E-state index contributed by atoms with van der Waals surface area (Å²) in [5.41, 5.74) is 1.95. The number of allylic oxidation sites excluding steroid dienone is 1. The second kappa shape index (κ2) is 11.5. The van der Waals surface area contributed by atoms with Crippen LogP contribution in [-0.2, 0) is 4.79 Å². The Kier molecular flexibility index (Phi) is 7.57. The summed E-state index contributed by atoms with van der Waals surface area (Å²) in [6, 6.07) is 22.6. The van der Waals surface area contributed by atoms with Crippen LogP contribution in [0.3, 0.4) is 0 Å². The van der Waals surface area contributed by atoms with Gasteiger partial charge in [-0.25, -0.2) is 4.99 Å². The standard InChI is InChI=1S/C31H20Cl2N4O5S/c1-17-27(29(38)35-20-5-3-2-4-6-20)28(18-7-9-19(32)10-8-18)36-30(39)26(43-31(36)34-17)16-22-12-14-25(42-22)23-15-21(37(40)41)11-13-24(23)33/h2-16,28H,1H3,(H,35,38)/b26-16-. The predicted octanol–water partition coefficient (Wildman–Crippen LogP) is 6.35. The van der Waals surface area contributed by atoms with Gasteiger partial charge in [0.15, 0.2) is 4.80 Å². The molecule has 43 heavy (non-hydrogen) atoms. The average molecular weight is 631 g/mol. The van der Waals surface area contributed by atoms with Crippen LogP contribution < -0.4 is 20.2 Å². The highest BCUT2D eigenvalue weighted by molar-refractivity contribution is 7.07. The third-order valence-corrected chi connectivity index (χ3v) is 8.37. The number of nitrogens with zero attached hydrogens (tertiary/aromatic N) is 3. The number of non-ortho nitro benzene ring substituents is 1. The number of fused-ring (bicyclic) bond motifs is 1. The first-order chi connectivity index (χ1) is 20.7. The SMILES string of the molecule is CC1=C(C(=O)Nc2ccccc2)C(c2ccc(Cl)cc2)n2c(s/c(=C\c3ccc(-c4cc([N+](=O)[O-])ccc4Cl)o3)c2=O)=N1. The normalized spacial score (nSPS) is 14.8. The number of aromatic nitrogens is 1. The number of anilines is 1. The van der Waals surface area contributed by atoms with E-state index in [0.29, 0.717) is 54.0 Å². The van der Waals surface area contributed by atoms with Gasteiger partial charge in [0.1, 0.15) is 11.5 Å². The first-order valence-electron chi connectivity index (χ1n) is 12.9.